The van der Waals surface area contributed by atoms with Gasteiger partial charge in [0.05, 0.1) is 5.56 Å². The molecule has 3 rings (SSSR count). The maximum Gasteiger partial charge on any atom is 0.412 e. The van der Waals surface area contributed by atoms with E-state index in [1.165, 1.54) is 12.1 Å². The highest BCUT2D eigenvalue weighted by Gasteiger charge is 2.31. The van der Waals surface area contributed by atoms with Crippen molar-refractivity contribution in [2.24, 2.45) is 0 Å². The van der Waals surface area contributed by atoms with Crippen molar-refractivity contribution in [1.82, 2.24) is 5.32 Å². The van der Waals surface area contributed by atoms with Gasteiger partial charge in [-0.1, -0.05) is 30.3 Å². The quantitative estimate of drug-likeness (QED) is 0.696. The molecule has 1 aliphatic rings. The Kier molecular flexibility index (Phi) is 6.40. The summed E-state index contributed by atoms with van der Waals surface area (Å²) >= 11 is 0. The molecule has 1 fully saturated rings. The number of anilines is 1. The Morgan fingerprint density at radius 1 is 0.967 bits per heavy atom. The molecule has 0 spiro atoms. The molecule has 158 valence electrons. The first-order valence-electron chi connectivity index (χ1n) is 9.88. The molecule has 0 aromatic heterocycles. The van der Waals surface area contributed by atoms with Crippen molar-refractivity contribution in [3.8, 4) is 0 Å². The van der Waals surface area contributed by atoms with E-state index in [0.29, 0.717) is 11.3 Å². The number of hydrogen-bond donors (Lipinski definition) is 2. The van der Waals surface area contributed by atoms with Crippen LogP contribution in [0.2, 0.25) is 0 Å². The molecule has 2 aromatic carbocycles. The fourth-order valence-corrected chi connectivity index (χ4v) is 2.69. The van der Waals surface area contributed by atoms with Crippen molar-refractivity contribution in [2.45, 2.75) is 51.4 Å². The molecule has 2 aromatic rings. The Balaban J connectivity index is 1.66. The molecule has 0 heterocycles. The van der Waals surface area contributed by atoms with E-state index in [1.54, 1.807) is 57.2 Å². The smallest absolute Gasteiger partial charge is 0.412 e. The van der Waals surface area contributed by atoms with E-state index in [4.69, 9.17) is 9.47 Å². The maximum atomic E-state index is 12.6. The number of nitrogens with one attached hydrogen (secondary N) is 2. The number of esters is 1. The lowest BCUT2D eigenvalue weighted by Gasteiger charge is -2.20. The Hall–Kier alpha value is -3.35. The first kappa shape index (κ1) is 21.4. The summed E-state index contributed by atoms with van der Waals surface area (Å²) in [4.78, 5) is 37.1. The Labute approximate surface area is 175 Å². The van der Waals surface area contributed by atoms with Gasteiger partial charge in [-0.3, -0.25) is 10.1 Å². The molecule has 1 saturated carbocycles. The molecule has 0 unspecified atom stereocenters. The molecule has 2 amide bonds. The zero-order valence-corrected chi connectivity index (χ0v) is 17.3. The molecular formula is C23H26N2O5. The van der Waals surface area contributed by atoms with Gasteiger partial charge >= 0.3 is 12.1 Å². The molecule has 7 heteroatoms. The van der Waals surface area contributed by atoms with Crippen LogP contribution in [-0.4, -0.2) is 29.6 Å². The number of hydrogen-bond acceptors (Lipinski definition) is 5. The third-order valence-corrected chi connectivity index (χ3v) is 4.25. The summed E-state index contributed by atoms with van der Waals surface area (Å²) in [5, 5.41) is 5.48. The average Bonchev–Trinajstić information content (AvgIpc) is 3.49. The van der Waals surface area contributed by atoms with Crippen LogP contribution in [0.1, 0.15) is 55.6 Å². The van der Waals surface area contributed by atoms with Crippen molar-refractivity contribution < 1.29 is 23.9 Å². The summed E-state index contributed by atoms with van der Waals surface area (Å²) in [7, 11) is 0. The Bertz CT molecular complexity index is 899. The number of carbonyl (C=O) groups is 3. The van der Waals surface area contributed by atoms with Gasteiger partial charge in [-0.2, -0.15) is 0 Å². The molecule has 7 nitrogen and oxygen atoms in total. The molecular weight excluding hydrogens is 384 g/mol. The van der Waals surface area contributed by atoms with Gasteiger partial charge in [-0.05, 0) is 57.9 Å². The fourth-order valence-electron chi connectivity index (χ4n) is 2.69. The Morgan fingerprint density at radius 2 is 1.60 bits per heavy atom. The second-order valence-electron chi connectivity index (χ2n) is 8.18. The van der Waals surface area contributed by atoms with Crippen molar-refractivity contribution in [1.29, 1.82) is 0 Å². The second kappa shape index (κ2) is 8.98. The first-order chi connectivity index (χ1) is 14.2. The molecule has 0 radical (unpaired) electrons. The highest BCUT2D eigenvalue weighted by molar-refractivity contribution is 5.93. The van der Waals surface area contributed by atoms with Crippen LogP contribution in [0.3, 0.4) is 0 Å². The molecule has 30 heavy (non-hydrogen) atoms. The average molecular weight is 410 g/mol. The van der Waals surface area contributed by atoms with Crippen LogP contribution < -0.4 is 10.6 Å². The summed E-state index contributed by atoms with van der Waals surface area (Å²) < 4.78 is 10.7. The van der Waals surface area contributed by atoms with E-state index in [-0.39, 0.29) is 17.5 Å². The van der Waals surface area contributed by atoms with Gasteiger partial charge in [0.1, 0.15) is 5.60 Å². The van der Waals surface area contributed by atoms with E-state index >= 15 is 0 Å². The third-order valence-electron chi connectivity index (χ3n) is 4.25. The summed E-state index contributed by atoms with van der Waals surface area (Å²) in [6.45, 7) is 5.32. The van der Waals surface area contributed by atoms with Gasteiger partial charge in [-0.25, -0.2) is 9.59 Å². The molecule has 0 saturated heterocycles. The first-order valence-corrected chi connectivity index (χ1v) is 9.88. The highest BCUT2D eigenvalue weighted by atomic mass is 16.6. The predicted molar refractivity (Wildman–Crippen MR) is 112 cm³/mol. The predicted octanol–water partition coefficient (Wildman–Crippen LogP) is 4.21. The third kappa shape index (κ3) is 6.34. The summed E-state index contributed by atoms with van der Waals surface area (Å²) in [6, 6.07) is 15.3. The van der Waals surface area contributed by atoms with Crippen molar-refractivity contribution in [3.63, 3.8) is 0 Å². The van der Waals surface area contributed by atoms with E-state index in [2.05, 4.69) is 10.6 Å². The van der Waals surface area contributed by atoms with Gasteiger partial charge in [0.2, 0.25) is 6.10 Å². The summed E-state index contributed by atoms with van der Waals surface area (Å²) in [5.74, 6) is -0.959. The zero-order chi connectivity index (χ0) is 21.7. The minimum absolute atomic E-state index is 0.153. The van der Waals surface area contributed by atoms with Crippen LogP contribution in [-0.2, 0) is 14.3 Å². The normalized spacial score (nSPS) is 14.4. The van der Waals surface area contributed by atoms with E-state index in [9.17, 15) is 14.4 Å². The fraction of sp³-hybridized carbons (Fsp3) is 0.348. The molecule has 1 atom stereocenters. The van der Waals surface area contributed by atoms with Gasteiger partial charge in [0.25, 0.3) is 5.91 Å². The minimum atomic E-state index is -1.03. The van der Waals surface area contributed by atoms with E-state index in [0.717, 1.165) is 12.8 Å². The Morgan fingerprint density at radius 3 is 2.17 bits per heavy atom. The van der Waals surface area contributed by atoms with E-state index in [1.807, 2.05) is 6.07 Å². The lowest BCUT2D eigenvalue weighted by molar-refractivity contribution is -0.130. The van der Waals surface area contributed by atoms with Crippen LogP contribution in [0.4, 0.5) is 10.5 Å². The van der Waals surface area contributed by atoms with Gasteiger partial charge in [-0.15, -0.1) is 0 Å². The van der Waals surface area contributed by atoms with Crippen molar-refractivity contribution >= 4 is 23.7 Å². The maximum absolute atomic E-state index is 12.6. The number of ether oxygens (including phenoxy) is 2. The topological polar surface area (TPSA) is 93.7 Å². The zero-order valence-electron chi connectivity index (χ0n) is 17.3. The number of rotatable bonds is 6. The standard InChI is InChI=1S/C23H26N2O5/c1-23(2,3)30-22(28)25-18-11-9-16(10-12-18)21(27)29-19(15-7-5-4-6-8-15)20(26)24-17-13-14-17/h4-12,17,19H,13-14H2,1-3H3,(H,24,26)(H,25,28)/t19-/m0/s1. The van der Waals surface area contributed by atoms with Crippen molar-refractivity contribution in [2.75, 3.05) is 5.32 Å². The largest absolute Gasteiger partial charge is 0.444 e. The second-order valence-corrected chi connectivity index (χ2v) is 8.18. The van der Waals surface area contributed by atoms with Gasteiger partial charge in [0, 0.05) is 17.3 Å². The molecule has 2 N–H and O–H groups in total. The monoisotopic (exact) mass is 410 g/mol. The summed E-state index contributed by atoms with van der Waals surface area (Å²) in [6.07, 6.45) is 0.262. The molecule has 1 aliphatic carbocycles. The van der Waals surface area contributed by atoms with Crippen LogP contribution in [0.15, 0.2) is 54.6 Å². The van der Waals surface area contributed by atoms with Crippen LogP contribution >= 0.6 is 0 Å². The SMILES string of the molecule is CC(C)(C)OC(=O)Nc1ccc(C(=O)O[C@H](C(=O)NC2CC2)c2ccccc2)cc1. The van der Waals surface area contributed by atoms with Crippen LogP contribution in [0, 0.1) is 0 Å². The number of benzene rings is 2. The molecule has 0 bridgehead atoms. The van der Waals surface area contributed by atoms with Crippen LogP contribution in [0.25, 0.3) is 0 Å². The van der Waals surface area contributed by atoms with Gasteiger partial charge in [0.15, 0.2) is 0 Å². The minimum Gasteiger partial charge on any atom is -0.444 e. The molecule has 0 aliphatic heterocycles. The number of amides is 2. The highest BCUT2D eigenvalue weighted by Crippen LogP contribution is 2.24. The lowest BCUT2D eigenvalue weighted by Crippen LogP contribution is -2.33. The van der Waals surface area contributed by atoms with Crippen molar-refractivity contribution in [3.05, 3.63) is 65.7 Å². The lowest BCUT2D eigenvalue weighted by atomic mass is 10.1. The summed E-state index contributed by atoms with van der Waals surface area (Å²) in [5.41, 5.74) is 0.741. The van der Waals surface area contributed by atoms with Gasteiger partial charge < -0.3 is 14.8 Å². The number of carbonyl (C=O) groups excluding carboxylic acids is 3. The van der Waals surface area contributed by atoms with Crippen LogP contribution in [0.5, 0.6) is 0 Å². The van der Waals surface area contributed by atoms with E-state index < -0.39 is 23.8 Å².